The first-order valence-electron chi connectivity index (χ1n) is 0.700. The third-order valence-corrected chi connectivity index (χ3v) is 0.708. The van der Waals surface area contributed by atoms with Gasteiger partial charge in [-0.05, 0) is 0 Å². The van der Waals surface area contributed by atoms with Crippen LogP contribution in [0.4, 0.5) is 0 Å². The van der Waals surface area contributed by atoms with Crippen molar-refractivity contribution >= 4 is 0 Å². The molecule has 0 bridgehead atoms. The number of hydrogen-bond acceptors (Lipinski definition) is 4. The Labute approximate surface area is 60.8 Å². The monoisotopic (exact) mass is 239 g/mol. The van der Waals surface area contributed by atoms with Crippen LogP contribution in [0.3, 0.4) is 0 Å². The van der Waals surface area contributed by atoms with Crippen LogP contribution in [0.1, 0.15) is 0 Å². The van der Waals surface area contributed by atoms with Gasteiger partial charge in [0.15, 0.2) is 0 Å². The molecule has 0 N–H and O–H groups in total. The van der Waals surface area contributed by atoms with E-state index in [0.717, 1.165) is 0 Å². The molecular weight excluding hydrogens is 239 g/mol. The standard InChI is InChI=1S/Cu.2Fe.4O. The molecule has 0 radical (unpaired) electrons. The Hall–Kier alpha value is 0.918. The molecule has 0 amide bonds. The molecule has 0 fully saturated rings. The Morgan fingerprint density at radius 2 is 1.43 bits per heavy atom. The average molecular weight is 239 g/mol. The normalized spacial score (nSPS) is 6.57. The van der Waals surface area contributed by atoms with Gasteiger partial charge in [0.05, 0.1) is 0 Å². The summed E-state index contributed by atoms with van der Waals surface area (Å²) in [5.74, 6) is 0. The summed E-state index contributed by atoms with van der Waals surface area (Å²) >= 11 is 1.50. The quantitative estimate of drug-likeness (QED) is 0.613. The van der Waals surface area contributed by atoms with Crippen molar-refractivity contribution in [1.82, 2.24) is 0 Å². The molecule has 0 aromatic heterocycles. The minimum atomic E-state index is -0.719. The van der Waals surface area contributed by atoms with Crippen LogP contribution in [0.25, 0.3) is 0 Å². The second-order valence-electron chi connectivity index (χ2n) is 0.169. The van der Waals surface area contributed by atoms with Gasteiger partial charge < -0.3 is 0 Å². The van der Waals surface area contributed by atoms with E-state index in [-0.39, 0.29) is 0 Å². The van der Waals surface area contributed by atoms with Crippen LogP contribution in [-0.2, 0) is 60.8 Å². The van der Waals surface area contributed by atoms with Gasteiger partial charge in [-0.2, -0.15) is 0 Å². The van der Waals surface area contributed by atoms with Gasteiger partial charge in [-0.15, -0.1) is 0 Å². The Kier molecular flexibility index (Phi) is 24.4. The molecule has 0 saturated heterocycles. The van der Waals surface area contributed by atoms with E-state index in [1.165, 1.54) is 0 Å². The number of hydrogen-bond donors (Lipinski definition) is 0. The predicted octanol–water partition coefficient (Wildman–Crippen LogP) is -0.432. The zero-order valence-electron chi connectivity index (χ0n) is 2.64. The van der Waals surface area contributed by atoms with Crippen molar-refractivity contribution in [3.05, 3.63) is 0 Å². The predicted molar refractivity (Wildman–Crippen MR) is 3.14 cm³/mol. The second kappa shape index (κ2) is 15.8. The van der Waals surface area contributed by atoms with E-state index in [1.807, 2.05) is 0 Å². The van der Waals surface area contributed by atoms with Crippen molar-refractivity contribution in [3.8, 4) is 0 Å². The van der Waals surface area contributed by atoms with Crippen molar-refractivity contribution < 1.29 is 60.8 Å². The van der Waals surface area contributed by atoms with E-state index < -0.39 is 30.4 Å². The maximum absolute atomic E-state index is 9.11. The summed E-state index contributed by atoms with van der Waals surface area (Å²) < 4.78 is 29.8. The van der Waals surface area contributed by atoms with Crippen molar-refractivity contribution in [3.63, 3.8) is 0 Å². The van der Waals surface area contributed by atoms with Gasteiger partial charge in [0, 0.05) is 0 Å². The SMILES string of the molecule is [O]=[Cu].[O]=[Fe][O][Fe]=[O]. The van der Waals surface area contributed by atoms with E-state index >= 15 is 0 Å². The molecule has 0 heterocycles. The fourth-order valence-electron chi connectivity index (χ4n) is 0.00851. The van der Waals surface area contributed by atoms with Gasteiger partial charge in [0.25, 0.3) is 0 Å². The van der Waals surface area contributed by atoms with E-state index in [9.17, 15) is 0 Å². The Morgan fingerprint density at radius 3 is 1.43 bits per heavy atom. The van der Waals surface area contributed by atoms with Crippen LogP contribution in [0.15, 0.2) is 0 Å². The first kappa shape index (κ1) is 10.8. The van der Waals surface area contributed by atoms with Gasteiger partial charge in [-0.1, -0.05) is 0 Å². The third-order valence-electron chi connectivity index (χ3n) is 0.0417. The molecule has 0 atom stereocenters. The Bertz CT molecular complexity index is 47.7. The summed E-state index contributed by atoms with van der Waals surface area (Å²) in [5, 5.41) is 0. The molecule has 0 spiro atoms. The molecule has 0 aliphatic carbocycles. The van der Waals surface area contributed by atoms with Crippen LogP contribution in [0, 0.1) is 0 Å². The summed E-state index contributed by atoms with van der Waals surface area (Å²) in [6, 6.07) is 0. The van der Waals surface area contributed by atoms with E-state index in [0.29, 0.717) is 0 Å². The molecule has 0 aliphatic heterocycles. The van der Waals surface area contributed by atoms with Crippen LogP contribution in [-0.4, -0.2) is 0 Å². The molecule has 0 aromatic carbocycles. The molecule has 0 rings (SSSR count). The van der Waals surface area contributed by atoms with Gasteiger partial charge in [-0.3, -0.25) is 0 Å². The molecule has 7 heteroatoms. The minimum absolute atomic E-state index is 0.719. The molecule has 7 heavy (non-hydrogen) atoms. The molecule has 51 valence electrons. The molecule has 0 unspecified atom stereocenters. The van der Waals surface area contributed by atoms with Gasteiger partial charge in [-0.25, -0.2) is 0 Å². The van der Waals surface area contributed by atoms with Crippen LogP contribution in [0.5, 0.6) is 0 Å². The third kappa shape index (κ3) is 19.6. The van der Waals surface area contributed by atoms with Crippen LogP contribution in [0.2, 0.25) is 0 Å². The molecule has 0 saturated carbocycles. The molecule has 4 nitrogen and oxygen atoms in total. The van der Waals surface area contributed by atoms with E-state index in [4.69, 9.17) is 11.5 Å². The van der Waals surface area contributed by atoms with Crippen molar-refractivity contribution in [2.75, 3.05) is 0 Å². The first-order chi connectivity index (χ1) is 3.41. The summed E-state index contributed by atoms with van der Waals surface area (Å²) in [6.45, 7) is 0. The second-order valence-corrected chi connectivity index (χ2v) is 1.35. The fraction of sp³-hybridized carbons (Fsp3) is 0. The molecular formula is CuFe2O4. The number of rotatable bonds is 2. The zero-order valence-corrected chi connectivity index (χ0v) is 5.79. The van der Waals surface area contributed by atoms with Crippen LogP contribution >= 0.6 is 0 Å². The fourth-order valence-corrected chi connectivity index (χ4v) is 0.145. The first-order valence-corrected chi connectivity index (χ1v) is 2.89. The molecule has 0 aliphatic rings. The van der Waals surface area contributed by atoms with Gasteiger partial charge in [0.2, 0.25) is 0 Å². The summed E-state index contributed by atoms with van der Waals surface area (Å²) in [4.78, 5) is 0. The topological polar surface area (TPSA) is 60.4 Å². The molecule has 0 aromatic rings. The van der Waals surface area contributed by atoms with Gasteiger partial charge in [0.1, 0.15) is 0 Å². The average Bonchev–Trinajstić information content (AvgIpc) is 1.75. The summed E-state index contributed by atoms with van der Waals surface area (Å²) in [5.41, 5.74) is 0. The van der Waals surface area contributed by atoms with Crippen molar-refractivity contribution in [1.29, 1.82) is 0 Å². The van der Waals surface area contributed by atoms with Gasteiger partial charge >= 0.3 is 60.8 Å². The van der Waals surface area contributed by atoms with E-state index in [1.54, 1.807) is 0 Å². The zero-order chi connectivity index (χ0) is 6.12. The van der Waals surface area contributed by atoms with Crippen molar-refractivity contribution in [2.24, 2.45) is 0 Å². The van der Waals surface area contributed by atoms with E-state index in [2.05, 4.69) is 18.8 Å². The maximum atomic E-state index is 9.11. The summed E-state index contributed by atoms with van der Waals surface area (Å²) in [6.07, 6.45) is 0. The summed E-state index contributed by atoms with van der Waals surface area (Å²) in [7, 11) is 0. The Morgan fingerprint density at radius 1 is 1.14 bits per heavy atom. The van der Waals surface area contributed by atoms with Crippen molar-refractivity contribution in [2.45, 2.75) is 0 Å². The Balaban J connectivity index is 0. The van der Waals surface area contributed by atoms with Crippen LogP contribution < -0.4 is 0 Å².